The number of carbonyl (C=O) groups excluding carboxylic acids is 1. The molecule has 2 aromatic rings. The lowest BCUT2D eigenvalue weighted by molar-refractivity contribution is 0.0593. The van der Waals surface area contributed by atoms with E-state index in [0.29, 0.717) is 5.69 Å². The van der Waals surface area contributed by atoms with Crippen molar-refractivity contribution in [2.24, 2.45) is 0 Å². The van der Waals surface area contributed by atoms with Crippen molar-refractivity contribution in [2.75, 3.05) is 7.11 Å². The number of fused-ring (bicyclic) bond motifs is 1. The zero-order valence-electron chi connectivity index (χ0n) is 8.52. The van der Waals surface area contributed by atoms with Crippen LogP contribution in [0.15, 0.2) is 24.5 Å². The Hall–Kier alpha value is -1.97. The number of nitrogens with zero attached hydrogens (tertiary/aromatic N) is 2. The van der Waals surface area contributed by atoms with Crippen LogP contribution in [0.1, 0.15) is 16.1 Å². The molecule has 4 heteroatoms. The van der Waals surface area contributed by atoms with Crippen LogP contribution in [0.3, 0.4) is 0 Å². The second-order valence-corrected chi connectivity index (χ2v) is 3.16. The zero-order chi connectivity index (χ0) is 10.8. The lowest BCUT2D eigenvalue weighted by Crippen LogP contribution is -2.07. The molecule has 4 nitrogen and oxygen atoms in total. The van der Waals surface area contributed by atoms with Crippen LogP contribution in [0.4, 0.5) is 0 Å². The van der Waals surface area contributed by atoms with Gasteiger partial charge in [-0.2, -0.15) is 0 Å². The van der Waals surface area contributed by atoms with Crippen molar-refractivity contribution in [3.05, 3.63) is 35.8 Å². The Labute approximate surface area is 86.9 Å². The van der Waals surface area contributed by atoms with Gasteiger partial charge in [0, 0.05) is 23.3 Å². The van der Waals surface area contributed by atoms with Crippen LogP contribution in [0, 0.1) is 6.92 Å². The lowest BCUT2D eigenvalue weighted by atomic mass is 10.1. The molecule has 2 aromatic heterocycles. The van der Waals surface area contributed by atoms with Crippen LogP contribution < -0.4 is 0 Å². The van der Waals surface area contributed by atoms with Crippen LogP contribution in [0.25, 0.3) is 10.9 Å². The molecule has 0 bridgehead atoms. The van der Waals surface area contributed by atoms with Gasteiger partial charge < -0.3 is 4.74 Å². The summed E-state index contributed by atoms with van der Waals surface area (Å²) >= 11 is 0. The molecule has 0 unspecified atom stereocenters. The number of ether oxygens (including phenoxy) is 1. The van der Waals surface area contributed by atoms with E-state index in [1.807, 2.05) is 19.1 Å². The molecule has 15 heavy (non-hydrogen) atoms. The third-order valence-corrected chi connectivity index (χ3v) is 2.26. The van der Waals surface area contributed by atoms with E-state index in [4.69, 9.17) is 0 Å². The normalized spacial score (nSPS) is 10.3. The maximum absolute atomic E-state index is 11.4. The van der Waals surface area contributed by atoms with Crippen LogP contribution in [-0.2, 0) is 4.74 Å². The minimum Gasteiger partial charge on any atom is -0.464 e. The van der Waals surface area contributed by atoms with E-state index in [9.17, 15) is 4.79 Å². The predicted molar refractivity (Wildman–Crippen MR) is 55.6 cm³/mol. The highest BCUT2D eigenvalue weighted by Crippen LogP contribution is 2.17. The number of hydrogen-bond donors (Lipinski definition) is 0. The van der Waals surface area contributed by atoms with Gasteiger partial charge in [0.05, 0.1) is 12.6 Å². The number of pyridine rings is 2. The Kier molecular flexibility index (Phi) is 2.33. The first-order chi connectivity index (χ1) is 7.24. The molecule has 2 heterocycles. The number of aryl methyl sites for hydroxylation is 1. The van der Waals surface area contributed by atoms with Crippen molar-refractivity contribution in [3.8, 4) is 0 Å². The average Bonchev–Trinajstić information content (AvgIpc) is 2.29. The van der Waals surface area contributed by atoms with E-state index in [2.05, 4.69) is 14.7 Å². The van der Waals surface area contributed by atoms with Crippen LogP contribution in [-0.4, -0.2) is 23.0 Å². The van der Waals surface area contributed by atoms with E-state index in [1.165, 1.54) is 7.11 Å². The minimum absolute atomic E-state index is 0.323. The molecule has 76 valence electrons. The summed E-state index contributed by atoms with van der Waals surface area (Å²) in [5.41, 5.74) is 1.86. The second kappa shape index (κ2) is 3.65. The molecule has 0 saturated heterocycles. The number of rotatable bonds is 1. The smallest absolute Gasteiger partial charge is 0.356 e. The quantitative estimate of drug-likeness (QED) is 0.661. The molecule has 0 amide bonds. The number of methoxy groups -OCH3 is 1. The Bertz CT molecular complexity index is 523. The fourth-order valence-electron chi connectivity index (χ4n) is 1.48. The van der Waals surface area contributed by atoms with Crippen molar-refractivity contribution in [2.45, 2.75) is 6.92 Å². The van der Waals surface area contributed by atoms with Crippen molar-refractivity contribution < 1.29 is 9.53 Å². The Morgan fingerprint density at radius 1 is 1.40 bits per heavy atom. The molecule has 0 fully saturated rings. The van der Waals surface area contributed by atoms with Gasteiger partial charge in [0.15, 0.2) is 5.69 Å². The van der Waals surface area contributed by atoms with Crippen molar-refractivity contribution in [1.29, 1.82) is 0 Å². The first-order valence-corrected chi connectivity index (χ1v) is 4.52. The van der Waals surface area contributed by atoms with Crippen LogP contribution >= 0.6 is 0 Å². The molecule has 0 saturated carbocycles. The summed E-state index contributed by atoms with van der Waals surface area (Å²) < 4.78 is 4.64. The first kappa shape index (κ1) is 9.58. The third-order valence-electron chi connectivity index (χ3n) is 2.26. The van der Waals surface area contributed by atoms with E-state index in [0.717, 1.165) is 16.5 Å². The van der Waals surface area contributed by atoms with Gasteiger partial charge in [-0.1, -0.05) is 0 Å². The molecular formula is C11H10N2O2. The topological polar surface area (TPSA) is 52.1 Å². The highest BCUT2D eigenvalue weighted by molar-refractivity contribution is 5.94. The molecule has 0 aliphatic heterocycles. The van der Waals surface area contributed by atoms with Gasteiger partial charge in [0.1, 0.15) is 0 Å². The summed E-state index contributed by atoms with van der Waals surface area (Å²) in [5, 5.41) is 0.919. The second-order valence-electron chi connectivity index (χ2n) is 3.16. The highest BCUT2D eigenvalue weighted by Gasteiger charge is 2.13. The third kappa shape index (κ3) is 1.54. The van der Waals surface area contributed by atoms with E-state index in [1.54, 1.807) is 12.4 Å². The van der Waals surface area contributed by atoms with Crippen LogP contribution in [0.5, 0.6) is 0 Å². The molecule has 0 radical (unpaired) electrons. The molecule has 0 N–H and O–H groups in total. The Morgan fingerprint density at radius 2 is 2.20 bits per heavy atom. The Balaban J connectivity index is 2.70. The van der Waals surface area contributed by atoms with Gasteiger partial charge in [-0.05, 0) is 19.1 Å². The van der Waals surface area contributed by atoms with Gasteiger partial charge in [-0.15, -0.1) is 0 Å². The van der Waals surface area contributed by atoms with Crippen molar-refractivity contribution in [1.82, 2.24) is 9.97 Å². The maximum atomic E-state index is 11.4. The van der Waals surface area contributed by atoms with Gasteiger partial charge in [-0.25, -0.2) is 9.78 Å². The first-order valence-electron chi connectivity index (χ1n) is 4.52. The average molecular weight is 202 g/mol. The summed E-state index contributed by atoms with van der Waals surface area (Å²) in [6, 6.07) is 3.74. The Morgan fingerprint density at radius 3 is 2.93 bits per heavy atom. The fraction of sp³-hybridized carbons (Fsp3) is 0.182. The predicted octanol–water partition coefficient (Wildman–Crippen LogP) is 1.72. The highest BCUT2D eigenvalue weighted by atomic mass is 16.5. The molecule has 0 aliphatic carbocycles. The monoisotopic (exact) mass is 202 g/mol. The summed E-state index contributed by atoms with van der Waals surface area (Å²) in [7, 11) is 1.34. The summed E-state index contributed by atoms with van der Waals surface area (Å²) in [6.45, 7) is 1.81. The molecule has 0 atom stereocenters. The van der Waals surface area contributed by atoms with E-state index >= 15 is 0 Å². The molecule has 2 rings (SSSR count). The van der Waals surface area contributed by atoms with Gasteiger partial charge in [0.25, 0.3) is 0 Å². The van der Waals surface area contributed by atoms with Crippen LogP contribution in [0.2, 0.25) is 0 Å². The molecule has 0 aromatic carbocycles. The number of esters is 1. The SMILES string of the molecule is COC(=O)c1ncc2cccnc2c1C. The number of carbonyl (C=O) groups is 1. The summed E-state index contributed by atoms with van der Waals surface area (Å²) in [6.07, 6.45) is 3.32. The van der Waals surface area contributed by atoms with Crippen molar-refractivity contribution >= 4 is 16.9 Å². The standard InChI is InChI=1S/C11H10N2O2/c1-7-9-8(4-3-5-12-9)6-13-10(7)11(14)15-2/h3-6H,1-2H3. The van der Waals surface area contributed by atoms with E-state index < -0.39 is 5.97 Å². The van der Waals surface area contributed by atoms with Gasteiger partial charge >= 0.3 is 5.97 Å². The minimum atomic E-state index is -0.431. The zero-order valence-corrected chi connectivity index (χ0v) is 8.52. The fourth-order valence-corrected chi connectivity index (χ4v) is 1.48. The van der Waals surface area contributed by atoms with Gasteiger partial charge in [-0.3, -0.25) is 4.98 Å². The molecular weight excluding hydrogens is 192 g/mol. The van der Waals surface area contributed by atoms with Gasteiger partial charge in [0.2, 0.25) is 0 Å². The number of aromatic nitrogens is 2. The largest absolute Gasteiger partial charge is 0.464 e. The summed E-state index contributed by atoms with van der Waals surface area (Å²) in [4.78, 5) is 19.6. The van der Waals surface area contributed by atoms with E-state index in [-0.39, 0.29) is 0 Å². The lowest BCUT2D eigenvalue weighted by Gasteiger charge is -2.05. The number of hydrogen-bond acceptors (Lipinski definition) is 4. The maximum Gasteiger partial charge on any atom is 0.356 e. The molecule has 0 aliphatic rings. The molecule has 0 spiro atoms. The van der Waals surface area contributed by atoms with Crippen molar-refractivity contribution in [3.63, 3.8) is 0 Å². The summed E-state index contributed by atoms with van der Waals surface area (Å²) in [5.74, 6) is -0.431.